The summed E-state index contributed by atoms with van der Waals surface area (Å²) in [5.74, 6) is 0.326. The van der Waals surface area contributed by atoms with Crippen molar-refractivity contribution in [2.75, 3.05) is 0 Å². The molecule has 2 unspecified atom stereocenters. The normalized spacial score (nSPS) is 32.9. The Balaban J connectivity index is 2.73. The van der Waals surface area contributed by atoms with Crippen LogP contribution in [-0.2, 0) is 4.79 Å². The lowest BCUT2D eigenvalue weighted by atomic mass is 10.0. The highest BCUT2D eigenvalue weighted by atomic mass is 16.2. The fraction of sp³-hybridized carbons (Fsp3) is 0.571. The van der Waals surface area contributed by atoms with Crippen LogP contribution in [0.15, 0.2) is 12.7 Å². The SMILES string of the molecule is [B]N1C(=O)CC(C)C1C=C. The summed E-state index contributed by atoms with van der Waals surface area (Å²) in [5, 5.41) is 0. The first-order valence-electron chi connectivity index (χ1n) is 3.36. The minimum Gasteiger partial charge on any atom is -0.391 e. The number of carbonyl (C=O) groups excluding carboxylic acids is 1. The fourth-order valence-electron chi connectivity index (χ4n) is 1.29. The smallest absolute Gasteiger partial charge is 0.231 e. The standard InChI is InChI=1S/C7H10BNO/c1-3-6-5(2)4-7(10)9(6)8/h3,5-6H,1,4H2,2H3. The van der Waals surface area contributed by atoms with E-state index in [2.05, 4.69) is 6.58 Å². The third kappa shape index (κ3) is 0.960. The molecule has 1 amide bonds. The van der Waals surface area contributed by atoms with Gasteiger partial charge in [0, 0.05) is 12.5 Å². The molecule has 2 radical (unpaired) electrons. The van der Waals surface area contributed by atoms with Crippen molar-refractivity contribution in [1.29, 1.82) is 0 Å². The van der Waals surface area contributed by atoms with Gasteiger partial charge >= 0.3 is 0 Å². The molecule has 0 spiro atoms. The second kappa shape index (κ2) is 2.49. The predicted octanol–water partition coefficient (Wildman–Crippen LogP) is 0.493. The predicted molar refractivity (Wildman–Crippen MR) is 40.4 cm³/mol. The molecule has 1 saturated heterocycles. The Morgan fingerprint density at radius 3 is 2.70 bits per heavy atom. The first-order valence-corrected chi connectivity index (χ1v) is 3.36. The minimum atomic E-state index is 0.0115. The van der Waals surface area contributed by atoms with Gasteiger partial charge in [0.2, 0.25) is 13.9 Å². The van der Waals surface area contributed by atoms with Crippen LogP contribution in [0.1, 0.15) is 13.3 Å². The van der Waals surface area contributed by atoms with Gasteiger partial charge in [0.25, 0.3) is 0 Å². The Kier molecular flexibility index (Phi) is 1.83. The van der Waals surface area contributed by atoms with E-state index in [0.29, 0.717) is 12.3 Å². The van der Waals surface area contributed by atoms with Gasteiger partial charge in [0.1, 0.15) is 0 Å². The van der Waals surface area contributed by atoms with Gasteiger partial charge in [-0.05, 0) is 5.92 Å². The lowest BCUT2D eigenvalue weighted by molar-refractivity contribution is -0.124. The van der Waals surface area contributed by atoms with Crippen molar-refractivity contribution >= 4 is 13.9 Å². The van der Waals surface area contributed by atoms with Crippen LogP contribution in [0.5, 0.6) is 0 Å². The molecule has 2 nitrogen and oxygen atoms in total. The lowest BCUT2D eigenvalue weighted by Crippen LogP contribution is -2.30. The van der Waals surface area contributed by atoms with Gasteiger partial charge in [0.15, 0.2) is 0 Å². The molecule has 0 aromatic carbocycles. The maximum atomic E-state index is 10.9. The Morgan fingerprint density at radius 1 is 1.90 bits per heavy atom. The fourth-order valence-corrected chi connectivity index (χ4v) is 1.29. The average Bonchev–Trinajstić information content (AvgIpc) is 2.09. The molecule has 0 N–H and O–H groups in total. The molecular weight excluding hydrogens is 125 g/mol. The lowest BCUT2D eigenvalue weighted by Gasteiger charge is -2.18. The Morgan fingerprint density at radius 2 is 2.50 bits per heavy atom. The zero-order valence-electron chi connectivity index (χ0n) is 6.08. The Bertz CT molecular complexity index is 169. The largest absolute Gasteiger partial charge is 0.391 e. The Hall–Kier alpha value is -0.725. The molecule has 2 atom stereocenters. The summed E-state index contributed by atoms with van der Waals surface area (Å²) < 4.78 is 0. The van der Waals surface area contributed by atoms with Crippen molar-refractivity contribution < 1.29 is 4.79 Å². The first-order chi connectivity index (χ1) is 4.66. The zero-order valence-corrected chi connectivity index (χ0v) is 6.08. The van der Waals surface area contributed by atoms with Gasteiger partial charge in [-0.2, -0.15) is 0 Å². The molecule has 0 saturated carbocycles. The van der Waals surface area contributed by atoms with E-state index in [0.717, 1.165) is 0 Å². The molecule has 1 rings (SSSR count). The van der Waals surface area contributed by atoms with E-state index in [-0.39, 0.29) is 11.9 Å². The van der Waals surface area contributed by atoms with E-state index in [1.54, 1.807) is 6.08 Å². The molecule has 3 heteroatoms. The zero-order chi connectivity index (χ0) is 7.72. The maximum Gasteiger partial charge on any atom is 0.231 e. The van der Waals surface area contributed by atoms with E-state index >= 15 is 0 Å². The summed E-state index contributed by atoms with van der Waals surface area (Å²) in [7, 11) is 5.44. The minimum absolute atomic E-state index is 0.0115. The number of rotatable bonds is 1. The first kappa shape index (κ1) is 7.38. The van der Waals surface area contributed by atoms with E-state index in [1.165, 1.54) is 4.81 Å². The van der Waals surface area contributed by atoms with Gasteiger partial charge in [-0.1, -0.05) is 13.0 Å². The second-order valence-electron chi connectivity index (χ2n) is 2.71. The molecule has 1 aliphatic rings. The highest BCUT2D eigenvalue weighted by Gasteiger charge is 2.31. The van der Waals surface area contributed by atoms with Crippen LogP contribution < -0.4 is 0 Å². The number of carbonyl (C=O) groups is 1. The summed E-state index contributed by atoms with van der Waals surface area (Å²) in [6, 6.07) is 0.0347. The van der Waals surface area contributed by atoms with Crippen LogP contribution in [0.3, 0.4) is 0 Å². The van der Waals surface area contributed by atoms with Gasteiger partial charge in [0.05, 0.1) is 0 Å². The molecule has 1 fully saturated rings. The summed E-state index contributed by atoms with van der Waals surface area (Å²) in [6.45, 7) is 5.60. The third-order valence-corrected chi connectivity index (χ3v) is 1.93. The summed E-state index contributed by atoms with van der Waals surface area (Å²) in [4.78, 5) is 12.2. The maximum absolute atomic E-state index is 10.9. The second-order valence-corrected chi connectivity index (χ2v) is 2.71. The highest BCUT2D eigenvalue weighted by Crippen LogP contribution is 2.23. The van der Waals surface area contributed by atoms with Gasteiger partial charge in [-0.15, -0.1) is 6.58 Å². The monoisotopic (exact) mass is 135 g/mol. The molecule has 1 heterocycles. The summed E-state index contributed by atoms with van der Waals surface area (Å²) >= 11 is 0. The van der Waals surface area contributed by atoms with Crippen LogP contribution in [0, 0.1) is 5.92 Å². The van der Waals surface area contributed by atoms with E-state index in [1.807, 2.05) is 6.92 Å². The Labute approximate surface area is 62.3 Å². The number of hydrogen-bond donors (Lipinski definition) is 0. The van der Waals surface area contributed by atoms with Crippen LogP contribution in [-0.4, -0.2) is 24.7 Å². The van der Waals surface area contributed by atoms with E-state index in [4.69, 9.17) is 7.98 Å². The topological polar surface area (TPSA) is 20.3 Å². The van der Waals surface area contributed by atoms with Crippen molar-refractivity contribution in [2.45, 2.75) is 19.4 Å². The van der Waals surface area contributed by atoms with Crippen molar-refractivity contribution in [3.63, 3.8) is 0 Å². The van der Waals surface area contributed by atoms with Crippen molar-refractivity contribution in [2.24, 2.45) is 5.92 Å². The van der Waals surface area contributed by atoms with Crippen molar-refractivity contribution in [3.8, 4) is 0 Å². The van der Waals surface area contributed by atoms with Crippen LogP contribution in [0.4, 0.5) is 0 Å². The van der Waals surface area contributed by atoms with Crippen LogP contribution in [0.2, 0.25) is 0 Å². The molecule has 1 aliphatic heterocycles. The van der Waals surface area contributed by atoms with E-state index < -0.39 is 0 Å². The quantitative estimate of drug-likeness (QED) is 0.378. The average molecular weight is 135 g/mol. The number of nitrogens with zero attached hydrogens (tertiary/aromatic N) is 1. The van der Waals surface area contributed by atoms with E-state index in [9.17, 15) is 4.79 Å². The van der Waals surface area contributed by atoms with Crippen molar-refractivity contribution in [1.82, 2.24) is 4.81 Å². The van der Waals surface area contributed by atoms with Crippen LogP contribution >= 0.6 is 0 Å². The molecule has 52 valence electrons. The van der Waals surface area contributed by atoms with Gasteiger partial charge in [-0.25, -0.2) is 0 Å². The summed E-state index contributed by atoms with van der Waals surface area (Å²) in [5.41, 5.74) is 0. The molecule has 0 aromatic rings. The number of amides is 1. The van der Waals surface area contributed by atoms with Crippen LogP contribution in [0.25, 0.3) is 0 Å². The molecule has 0 aliphatic carbocycles. The third-order valence-electron chi connectivity index (χ3n) is 1.93. The molecule has 10 heavy (non-hydrogen) atoms. The molecule has 0 aromatic heterocycles. The van der Waals surface area contributed by atoms with Crippen molar-refractivity contribution in [3.05, 3.63) is 12.7 Å². The number of hydrogen-bond acceptors (Lipinski definition) is 1. The molecule has 0 bridgehead atoms. The van der Waals surface area contributed by atoms with Gasteiger partial charge < -0.3 is 4.81 Å². The summed E-state index contributed by atoms with van der Waals surface area (Å²) in [6.07, 6.45) is 2.27. The molecular formula is C7H10BNO. The highest BCUT2D eigenvalue weighted by molar-refractivity contribution is 6.15. The van der Waals surface area contributed by atoms with Gasteiger partial charge in [-0.3, -0.25) is 4.79 Å².